The van der Waals surface area contributed by atoms with Crippen molar-refractivity contribution in [1.82, 2.24) is 5.32 Å². The van der Waals surface area contributed by atoms with Gasteiger partial charge in [0.1, 0.15) is 11.6 Å². The summed E-state index contributed by atoms with van der Waals surface area (Å²) < 4.78 is 28.5. The van der Waals surface area contributed by atoms with Gasteiger partial charge in [0, 0.05) is 11.1 Å². The Bertz CT molecular complexity index is 597. The van der Waals surface area contributed by atoms with Crippen molar-refractivity contribution in [2.75, 3.05) is 7.05 Å². The Labute approximate surface area is 119 Å². The van der Waals surface area contributed by atoms with Gasteiger partial charge in [0.25, 0.3) is 0 Å². The highest BCUT2D eigenvalue weighted by Gasteiger charge is 2.20. The average Bonchev–Trinajstić information content (AvgIpc) is 2.39. The fourth-order valence-electron chi connectivity index (χ4n) is 2.11. The molecule has 19 heavy (non-hydrogen) atoms. The molecule has 2 aromatic carbocycles. The van der Waals surface area contributed by atoms with Crippen molar-refractivity contribution < 1.29 is 8.78 Å². The third-order valence-corrected chi connectivity index (χ3v) is 3.66. The van der Waals surface area contributed by atoms with Crippen molar-refractivity contribution in [3.8, 4) is 0 Å². The van der Waals surface area contributed by atoms with E-state index < -0.39 is 6.04 Å². The van der Waals surface area contributed by atoms with Crippen LogP contribution >= 0.6 is 15.9 Å². The van der Waals surface area contributed by atoms with Gasteiger partial charge in [0.15, 0.2) is 0 Å². The summed E-state index contributed by atoms with van der Waals surface area (Å²) in [6.07, 6.45) is 0. The lowest BCUT2D eigenvalue weighted by atomic mass is 9.96. The van der Waals surface area contributed by atoms with Crippen molar-refractivity contribution in [1.29, 1.82) is 0 Å². The van der Waals surface area contributed by atoms with Crippen LogP contribution in [0.25, 0.3) is 0 Å². The van der Waals surface area contributed by atoms with E-state index in [4.69, 9.17) is 0 Å². The standard InChI is InChI=1S/C15H14BrF2N/c1-9-6-7-13(17)11(8-9)15(19-2)10-4-3-5-12(16)14(10)18/h3-8,15,19H,1-2H3. The summed E-state index contributed by atoms with van der Waals surface area (Å²) in [5.41, 5.74) is 1.80. The smallest absolute Gasteiger partial charge is 0.142 e. The Kier molecular flexibility index (Phi) is 4.32. The quantitative estimate of drug-likeness (QED) is 0.884. The van der Waals surface area contributed by atoms with Crippen LogP contribution in [0.2, 0.25) is 0 Å². The number of hydrogen-bond acceptors (Lipinski definition) is 1. The maximum atomic E-state index is 14.1. The van der Waals surface area contributed by atoms with Crippen molar-refractivity contribution in [2.45, 2.75) is 13.0 Å². The van der Waals surface area contributed by atoms with Crippen LogP contribution in [0.1, 0.15) is 22.7 Å². The molecule has 2 aromatic rings. The molecule has 0 aliphatic carbocycles. The average molecular weight is 326 g/mol. The van der Waals surface area contributed by atoms with E-state index in [2.05, 4.69) is 21.2 Å². The molecule has 2 rings (SSSR count). The van der Waals surface area contributed by atoms with E-state index >= 15 is 0 Å². The van der Waals surface area contributed by atoms with Gasteiger partial charge in [-0.3, -0.25) is 0 Å². The van der Waals surface area contributed by atoms with Crippen LogP contribution in [0.4, 0.5) is 8.78 Å². The fraction of sp³-hybridized carbons (Fsp3) is 0.200. The lowest BCUT2D eigenvalue weighted by Gasteiger charge is -2.19. The van der Waals surface area contributed by atoms with Crippen molar-refractivity contribution in [2.24, 2.45) is 0 Å². The summed E-state index contributed by atoms with van der Waals surface area (Å²) in [4.78, 5) is 0. The molecule has 1 N–H and O–H groups in total. The molecule has 0 spiro atoms. The molecular formula is C15H14BrF2N. The van der Waals surface area contributed by atoms with Gasteiger partial charge in [-0.2, -0.15) is 0 Å². The first-order valence-corrected chi connectivity index (χ1v) is 6.71. The molecule has 1 unspecified atom stereocenters. The molecule has 0 aromatic heterocycles. The molecule has 0 bridgehead atoms. The van der Waals surface area contributed by atoms with Crippen LogP contribution in [-0.2, 0) is 0 Å². The molecule has 0 amide bonds. The normalized spacial score (nSPS) is 12.5. The Morgan fingerprint density at radius 1 is 1.11 bits per heavy atom. The molecule has 0 aliphatic heterocycles. The van der Waals surface area contributed by atoms with E-state index in [1.165, 1.54) is 6.07 Å². The van der Waals surface area contributed by atoms with E-state index in [9.17, 15) is 8.78 Å². The SMILES string of the molecule is CNC(c1cc(C)ccc1F)c1cccc(Br)c1F. The predicted molar refractivity (Wildman–Crippen MR) is 76.1 cm³/mol. The lowest BCUT2D eigenvalue weighted by Crippen LogP contribution is -2.20. The lowest BCUT2D eigenvalue weighted by molar-refractivity contribution is 0.544. The minimum atomic E-state index is -0.516. The van der Waals surface area contributed by atoms with Gasteiger partial charge >= 0.3 is 0 Å². The third kappa shape index (κ3) is 2.85. The molecule has 1 nitrogen and oxygen atoms in total. The van der Waals surface area contributed by atoms with Gasteiger partial charge in [-0.1, -0.05) is 29.8 Å². The monoisotopic (exact) mass is 325 g/mol. The first-order valence-electron chi connectivity index (χ1n) is 5.92. The van der Waals surface area contributed by atoms with E-state index in [0.717, 1.165) is 5.56 Å². The van der Waals surface area contributed by atoms with Gasteiger partial charge in [-0.15, -0.1) is 0 Å². The molecular weight excluding hydrogens is 312 g/mol. The van der Waals surface area contributed by atoms with E-state index in [1.807, 2.05) is 6.92 Å². The zero-order chi connectivity index (χ0) is 14.0. The minimum absolute atomic E-state index is 0.343. The van der Waals surface area contributed by atoms with Crippen molar-refractivity contribution in [3.05, 3.63) is 69.2 Å². The van der Waals surface area contributed by atoms with Gasteiger partial charge in [-0.05, 0) is 42.0 Å². The summed E-state index contributed by atoms with van der Waals surface area (Å²) in [6, 6.07) is 9.34. The highest BCUT2D eigenvalue weighted by molar-refractivity contribution is 9.10. The zero-order valence-corrected chi connectivity index (χ0v) is 12.3. The molecule has 0 aliphatic rings. The van der Waals surface area contributed by atoms with Gasteiger partial charge in [0.05, 0.1) is 10.5 Å². The second-order valence-electron chi connectivity index (χ2n) is 4.39. The summed E-state index contributed by atoms with van der Waals surface area (Å²) in [7, 11) is 1.69. The third-order valence-electron chi connectivity index (χ3n) is 3.04. The van der Waals surface area contributed by atoms with Crippen LogP contribution in [0.5, 0.6) is 0 Å². The Hall–Kier alpha value is -1.26. The minimum Gasteiger partial charge on any atom is -0.309 e. The molecule has 0 radical (unpaired) electrons. The molecule has 0 saturated carbocycles. The Morgan fingerprint density at radius 3 is 2.53 bits per heavy atom. The first kappa shape index (κ1) is 14.2. The Balaban J connectivity index is 2.56. The molecule has 0 saturated heterocycles. The van der Waals surface area contributed by atoms with Gasteiger partial charge in [0.2, 0.25) is 0 Å². The number of aryl methyl sites for hydroxylation is 1. The number of hydrogen-bond donors (Lipinski definition) is 1. The number of nitrogens with one attached hydrogen (secondary N) is 1. The fourth-order valence-corrected chi connectivity index (χ4v) is 2.49. The van der Waals surface area contributed by atoms with Crippen LogP contribution in [0, 0.1) is 18.6 Å². The van der Waals surface area contributed by atoms with Gasteiger partial charge < -0.3 is 5.32 Å². The second-order valence-corrected chi connectivity index (χ2v) is 5.24. The summed E-state index contributed by atoms with van der Waals surface area (Å²) in [5.74, 6) is -0.716. The summed E-state index contributed by atoms with van der Waals surface area (Å²) in [5, 5.41) is 2.97. The summed E-state index contributed by atoms with van der Waals surface area (Å²) >= 11 is 3.15. The number of halogens is 3. The number of benzene rings is 2. The van der Waals surface area contributed by atoms with Crippen molar-refractivity contribution in [3.63, 3.8) is 0 Å². The molecule has 0 fully saturated rings. The largest absolute Gasteiger partial charge is 0.309 e. The maximum absolute atomic E-state index is 14.1. The molecule has 100 valence electrons. The number of rotatable bonds is 3. The van der Waals surface area contributed by atoms with E-state index in [0.29, 0.717) is 15.6 Å². The highest BCUT2D eigenvalue weighted by Crippen LogP contribution is 2.29. The van der Waals surface area contributed by atoms with Crippen LogP contribution in [0.15, 0.2) is 40.9 Å². The zero-order valence-electron chi connectivity index (χ0n) is 10.7. The summed E-state index contributed by atoms with van der Waals surface area (Å²) in [6.45, 7) is 1.88. The highest BCUT2D eigenvalue weighted by atomic mass is 79.9. The predicted octanol–water partition coefficient (Wildman–Crippen LogP) is 4.34. The Morgan fingerprint density at radius 2 is 1.84 bits per heavy atom. The molecule has 1 atom stereocenters. The van der Waals surface area contributed by atoms with Crippen LogP contribution < -0.4 is 5.32 Å². The maximum Gasteiger partial charge on any atom is 0.142 e. The van der Waals surface area contributed by atoms with Crippen LogP contribution in [-0.4, -0.2) is 7.05 Å². The second kappa shape index (κ2) is 5.80. The van der Waals surface area contributed by atoms with Crippen LogP contribution in [0.3, 0.4) is 0 Å². The molecule has 4 heteroatoms. The topological polar surface area (TPSA) is 12.0 Å². The first-order chi connectivity index (χ1) is 9.04. The van der Waals surface area contributed by atoms with E-state index in [1.54, 1.807) is 37.4 Å². The van der Waals surface area contributed by atoms with Gasteiger partial charge in [-0.25, -0.2) is 8.78 Å². The van der Waals surface area contributed by atoms with E-state index in [-0.39, 0.29) is 11.6 Å². The molecule has 0 heterocycles. The van der Waals surface area contributed by atoms with Crippen molar-refractivity contribution >= 4 is 15.9 Å².